The molecule has 6 unspecified atom stereocenters. The number of rotatable bonds is 5. The molecule has 0 heterocycles. The highest BCUT2D eigenvalue weighted by Crippen LogP contribution is 2.33. The minimum atomic E-state index is -0.566. The van der Waals surface area contributed by atoms with Crippen LogP contribution in [-0.4, -0.2) is 31.6 Å². The molecule has 0 aliphatic heterocycles. The number of hydrogen-bond donors (Lipinski definition) is 0. The summed E-state index contributed by atoms with van der Waals surface area (Å²) in [4.78, 5) is 12.2. The summed E-state index contributed by atoms with van der Waals surface area (Å²) >= 11 is 0. The van der Waals surface area contributed by atoms with Crippen molar-refractivity contribution in [3.63, 3.8) is 0 Å². The van der Waals surface area contributed by atoms with Gasteiger partial charge in [0.2, 0.25) is 0 Å². The molecule has 2 aliphatic carbocycles. The maximum Gasteiger partial charge on any atom is 0.508 e. The van der Waals surface area contributed by atoms with Crippen LogP contribution in [0.25, 0.3) is 0 Å². The molecule has 0 bridgehead atoms. The van der Waals surface area contributed by atoms with Crippen LogP contribution < -0.4 is 0 Å². The molecule has 0 aromatic rings. The molecule has 4 nitrogen and oxygen atoms in total. The topological polar surface area (TPSA) is 44.8 Å². The van der Waals surface area contributed by atoms with Crippen molar-refractivity contribution in [1.29, 1.82) is 0 Å². The van der Waals surface area contributed by atoms with Crippen LogP contribution in [0.1, 0.15) is 45.4 Å². The van der Waals surface area contributed by atoms with Gasteiger partial charge in [0.15, 0.2) is 0 Å². The average Bonchev–Trinajstić information content (AvgIpc) is 2.56. The Bertz CT molecular complexity index is 420. The van der Waals surface area contributed by atoms with E-state index in [1.165, 1.54) is 0 Å². The van der Waals surface area contributed by atoms with Gasteiger partial charge in [-0.2, -0.15) is 0 Å². The second-order valence-corrected chi connectivity index (χ2v) is 6.93. The van der Waals surface area contributed by atoms with Gasteiger partial charge in [-0.1, -0.05) is 19.1 Å². The maximum atomic E-state index is 12.2. The van der Waals surface area contributed by atoms with Gasteiger partial charge in [-0.25, -0.2) is 4.79 Å². The van der Waals surface area contributed by atoms with Gasteiger partial charge in [0.05, 0.1) is 6.10 Å². The largest absolute Gasteiger partial charge is 0.508 e. The number of allylic oxidation sites excluding steroid dienone is 2. The molecule has 4 heteroatoms. The molecule has 130 valence electrons. The fourth-order valence-corrected chi connectivity index (χ4v) is 3.70. The zero-order valence-corrected chi connectivity index (χ0v) is 14.4. The Morgan fingerprint density at radius 1 is 0.913 bits per heavy atom. The first-order chi connectivity index (χ1) is 11.1. The molecular formula is C19H30O4. The summed E-state index contributed by atoms with van der Waals surface area (Å²) in [6.07, 6.45) is 8.62. The first-order valence-corrected chi connectivity index (χ1v) is 8.72. The summed E-state index contributed by atoms with van der Waals surface area (Å²) in [5.74, 6) is 1.16. The van der Waals surface area contributed by atoms with Crippen LogP contribution in [-0.2, 0) is 14.2 Å². The van der Waals surface area contributed by atoms with Crippen LogP contribution in [0.3, 0.4) is 0 Å². The zero-order valence-electron chi connectivity index (χ0n) is 14.4. The lowest BCUT2D eigenvalue weighted by atomic mass is 9.81. The molecule has 2 saturated carbocycles. The Morgan fingerprint density at radius 3 is 2.09 bits per heavy atom. The third kappa shape index (κ3) is 4.84. The van der Waals surface area contributed by atoms with Crippen molar-refractivity contribution in [1.82, 2.24) is 0 Å². The van der Waals surface area contributed by atoms with E-state index in [0.717, 1.165) is 38.5 Å². The minimum absolute atomic E-state index is 0.0524. The van der Waals surface area contributed by atoms with Gasteiger partial charge >= 0.3 is 6.16 Å². The van der Waals surface area contributed by atoms with Crippen LogP contribution >= 0.6 is 0 Å². The van der Waals surface area contributed by atoms with Crippen LogP contribution in [0, 0.1) is 17.8 Å². The van der Waals surface area contributed by atoms with Gasteiger partial charge in [-0.15, -0.1) is 13.2 Å². The number of carbonyl (C=O) groups excluding carboxylic acids is 1. The molecular weight excluding hydrogens is 292 g/mol. The summed E-state index contributed by atoms with van der Waals surface area (Å²) in [6.45, 7) is 9.83. The van der Waals surface area contributed by atoms with Crippen molar-refractivity contribution in [3.8, 4) is 0 Å². The van der Waals surface area contributed by atoms with E-state index in [1.807, 2.05) is 12.2 Å². The fraction of sp³-hybridized carbons (Fsp3) is 0.737. The molecule has 0 aromatic carbocycles. The monoisotopic (exact) mass is 322 g/mol. The highest BCUT2D eigenvalue weighted by molar-refractivity contribution is 5.60. The van der Waals surface area contributed by atoms with Gasteiger partial charge in [-0.3, -0.25) is 0 Å². The molecule has 0 radical (unpaired) electrons. The maximum absolute atomic E-state index is 12.2. The molecule has 0 spiro atoms. The highest BCUT2D eigenvalue weighted by Gasteiger charge is 2.35. The standard InChI is InChI=1S/C19H30O4/c1-5-14-8-7-13(3)17(11-14)22-19(20)23-18-12-15(6-2)9-10-16(18)21-4/h5-6,13-18H,1-2,7-12H2,3-4H3. The normalized spacial score (nSPS) is 37.7. The molecule has 6 atom stereocenters. The third-order valence-corrected chi connectivity index (χ3v) is 5.40. The highest BCUT2D eigenvalue weighted by atomic mass is 16.7. The first kappa shape index (κ1) is 18.1. The smallest absolute Gasteiger partial charge is 0.431 e. The van der Waals surface area contributed by atoms with Crippen molar-refractivity contribution in [2.24, 2.45) is 17.8 Å². The van der Waals surface area contributed by atoms with Crippen molar-refractivity contribution in [3.05, 3.63) is 25.3 Å². The predicted molar refractivity (Wildman–Crippen MR) is 90.2 cm³/mol. The molecule has 0 aromatic heterocycles. The van der Waals surface area contributed by atoms with Gasteiger partial charge in [0.25, 0.3) is 0 Å². The predicted octanol–water partition coefficient (Wildman–Crippen LogP) is 4.50. The van der Waals surface area contributed by atoms with Gasteiger partial charge in [-0.05, 0) is 56.3 Å². The van der Waals surface area contributed by atoms with Crippen LogP contribution in [0.2, 0.25) is 0 Å². The number of ether oxygens (including phenoxy) is 3. The fourth-order valence-electron chi connectivity index (χ4n) is 3.70. The van der Waals surface area contributed by atoms with E-state index in [-0.39, 0.29) is 18.3 Å². The number of methoxy groups -OCH3 is 1. The molecule has 2 rings (SSSR count). The molecule has 0 saturated heterocycles. The average molecular weight is 322 g/mol. The molecule has 23 heavy (non-hydrogen) atoms. The van der Waals surface area contributed by atoms with E-state index < -0.39 is 6.16 Å². The van der Waals surface area contributed by atoms with Crippen molar-refractivity contribution >= 4 is 6.16 Å². The Morgan fingerprint density at radius 2 is 1.48 bits per heavy atom. The van der Waals surface area contributed by atoms with E-state index in [0.29, 0.717) is 17.8 Å². The van der Waals surface area contributed by atoms with Crippen LogP contribution in [0.15, 0.2) is 25.3 Å². The van der Waals surface area contributed by atoms with E-state index >= 15 is 0 Å². The Balaban J connectivity index is 1.89. The lowest BCUT2D eigenvalue weighted by Crippen LogP contribution is -2.40. The SMILES string of the molecule is C=CC1CCC(C)C(OC(=O)OC2CC(C=C)CCC2OC)C1. The summed E-state index contributed by atoms with van der Waals surface area (Å²) in [7, 11) is 1.67. The van der Waals surface area contributed by atoms with E-state index in [2.05, 4.69) is 20.1 Å². The van der Waals surface area contributed by atoms with Gasteiger partial charge < -0.3 is 14.2 Å². The first-order valence-electron chi connectivity index (χ1n) is 8.72. The summed E-state index contributed by atoms with van der Waals surface area (Å²) in [5, 5.41) is 0. The second-order valence-electron chi connectivity index (χ2n) is 6.93. The van der Waals surface area contributed by atoms with Crippen molar-refractivity contribution in [2.75, 3.05) is 7.11 Å². The molecule has 0 N–H and O–H groups in total. The number of carbonyl (C=O) groups is 1. The minimum Gasteiger partial charge on any atom is -0.431 e. The van der Waals surface area contributed by atoms with Crippen molar-refractivity contribution < 1.29 is 19.0 Å². The Kier molecular flexibility index (Phi) is 6.70. The Hall–Kier alpha value is -1.29. The quantitative estimate of drug-likeness (QED) is 0.552. The Labute approximate surface area is 139 Å². The molecule has 2 aliphatic rings. The van der Waals surface area contributed by atoms with E-state index in [9.17, 15) is 4.79 Å². The van der Waals surface area contributed by atoms with Gasteiger partial charge in [0, 0.05) is 7.11 Å². The van der Waals surface area contributed by atoms with E-state index in [1.54, 1.807) is 7.11 Å². The summed E-state index contributed by atoms with van der Waals surface area (Å²) in [6, 6.07) is 0. The summed E-state index contributed by atoms with van der Waals surface area (Å²) < 4.78 is 16.7. The van der Waals surface area contributed by atoms with E-state index in [4.69, 9.17) is 14.2 Å². The second kappa shape index (κ2) is 8.53. The number of hydrogen-bond acceptors (Lipinski definition) is 4. The molecule has 0 amide bonds. The van der Waals surface area contributed by atoms with Gasteiger partial charge in [0.1, 0.15) is 12.2 Å². The lowest BCUT2D eigenvalue weighted by Gasteiger charge is -2.35. The summed E-state index contributed by atoms with van der Waals surface area (Å²) in [5.41, 5.74) is 0. The molecule has 2 fully saturated rings. The third-order valence-electron chi connectivity index (χ3n) is 5.40. The zero-order chi connectivity index (χ0) is 16.8. The lowest BCUT2D eigenvalue weighted by molar-refractivity contribution is -0.0874. The van der Waals surface area contributed by atoms with Crippen LogP contribution in [0.4, 0.5) is 4.79 Å². The van der Waals surface area contributed by atoms with Crippen LogP contribution in [0.5, 0.6) is 0 Å². The van der Waals surface area contributed by atoms with Crippen molar-refractivity contribution in [2.45, 2.75) is 63.8 Å².